The third-order valence-electron chi connectivity index (χ3n) is 2.60. The fraction of sp³-hybridized carbons (Fsp3) is 0.462. The second-order valence-electron chi connectivity index (χ2n) is 4.62. The maximum atomic E-state index is 11.9. The molecule has 1 amide bonds. The number of halogens is 1. The number of benzene rings is 1. The fourth-order valence-corrected chi connectivity index (χ4v) is 1.40. The SMILES string of the molecule is C[C@@H](NC(=O)C(C)(C)CCl)c1ccccc1. The zero-order chi connectivity index (χ0) is 12.2. The van der Waals surface area contributed by atoms with E-state index in [9.17, 15) is 4.79 Å². The quantitative estimate of drug-likeness (QED) is 0.804. The number of nitrogens with one attached hydrogen (secondary N) is 1. The summed E-state index contributed by atoms with van der Waals surface area (Å²) in [5.41, 5.74) is 0.575. The summed E-state index contributed by atoms with van der Waals surface area (Å²) >= 11 is 5.76. The van der Waals surface area contributed by atoms with Gasteiger partial charge in [-0.25, -0.2) is 0 Å². The van der Waals surface area contributed by atoms with Crippen LogP contribution in [-0.2, 0) is 4.79 Å². The molecule has 0 aromatic heterocycles. The van der Waals surface area contributed by atoms with Gasteiger partial charge in [-0.05, 0) is 26.3 Å². The Bertz CT molecular complexity index is 348. The molecule has 2 nitrogen and oxygen atoms in total. The predicted molar refractivity (Wildman–Crippen MR) is 67.5 cm³/mol. The van der Waals surface area contributed by atoms with Gasteiger partial charge in [0, 0.05) is 5.88 Å². The van der Waals surface area contributed by atoms with Gasteiger partial charge in [0.2, 0.25) is 5.91 Å². The summed E-state index contributed by atoms with van der Waals surface area (Å²) in [5, 5.41) is 2.96. The monoisotopic (exact) mass is 239 g/mol. The van der Waals surface area contributed by atoms with Crippen LogP contribution in [0.3, 0.4) is 0 Å². The van der Waals surface area contributed by atoms with E-state index in [1.807, 2.05) is 51.1 Å². The first-order chi connectivity index (χ1) is 7.47. The van der Waals surface area contributed by atoms with Crippen LogP contribution in [0.25, 0.3) is 0 Å². The first-order valence-electron chi connectivity index (χ1n) is 5.39. The lowest BCUT2D eigenvalue weighted by atomic mass is 9.94. The number of hydrogen-bond acceptors (Lipinski definition) is 1. The van der Waals surface area contributed by atoms with Crippen LogP contribution in [-0.4, -0.2) is 11.8 Å². The van der Waals surface area contributed by atoms with Crippen molar-refractivity contribution in [2.24, 2.45) is 5.41 Å². The molecule has 0 heterocycles. The highest BCUT2D eigenvalue weighted by Gasteiger charge is 2.27. The molecule has 1 N–H and O–H groups in total. The standard InChI is InChI=1S/C13H18ClNO/c1-10(11-7-5-4-6-8-11)15-12(16)13(2,3)9-14/h4-8,10H,9H2,1-3H3,(H,15,16)/t10-/m1/s1. The van der Waals surface area contributed by atoms with Gasteiger partial charge >= 0.3 is 0 Å². The van der Waals surface area contributed by atoms with E-state index in [0.717, 1.165) is 5.56 Å². The maximum Gasteiger partial charge on any atom is 0.227 e. The van der Waals surface area contributed by atoms with Crippen LogP contribution in [0.4, 0.5) is 0 Å². The Hall–Kier alpha value is -1.02. The zero-order valence-electron chi connectivity index (χ0n) is 9.96. The van der Waals surface area contributed by atoms with Crippen LogP contribution in [0.2, 0.25) is 0 Å². The van der Waals surface area contributed by atoms with Crippen molar-refractivity contribution in [2.75, 3.05) is 5.88 Å². The second kappa shape index (κ2) is 5.35. The van der Waals surface area contributed by atoms with E-state index >= 15 is 0 Å². The van der Waals surface area contributed by atoms with E-state index in [-0.39, 0.29) is 11.9 Å². The van der Waals surface area contributed by atoms with Crippen LogP contribution in [0.1, 0.15) is 32.4 Å². The van der Waals surface area contributed by atoms with Crippen molar-refractivity contribution in [1.82, 2.24) is 5.32 Å². The molecule has 0 aliphatic heterocycles. The largest absolute Gasteiger partial charge is 0.349 e. The molecule has 0 spiro atoms. The van der Waals surface area contributed by atoms with Gasteiger partial charge in [-0.15, -0.1) is 11.6 Å². The van der Waals surface area contributed by atoms with Crippen LogP contribution in [0.5, 0.6) is 0 Å². The summed E-state index contributed by atoms with van der Waals surface area (Å²) in [7, 11) is 0. The van der Waals surface area contributed by atoms with Crippen molar-refractivity contribution in [3.8, 4) is 0 Å². The van der Waals surface area contributed by atoms with Gasteiger partial charge in [-0.2, -0.15) is 0 Å². The van der Waals surface area contributed by atoms with E-state index in [1.165, 1.54) is 0 Å². The molecule has 0 fully saturated rings. The molecule has 0 unspecified atom stereocenters. The summed E-state index contributed by atoms with van der Waals surface area (Å²) in [4.78, 5) is 11.9. The first-order valence-corrected chi connectivity index (χ1v) is 5.92. The number of carbonyl (C=O) groups excluding carboxylic acids is 1. The highest BCUT2D eigenvalue weighted by molar-refractivity contribution is 6.19. The molecule has 1 rings (SSSR count). The molecule has 1 atom stereocenters. The number of amides is 1. The van der Waals surface area contributed by atoms with Gasteiger partial charge in [0.1, 0.15) is 0 Å². The van der Waals surface area contributed by atoms with E-state index in [2.05, 4.69) is 5.32 Å². The normalized spacial score (nSPS) is 13.2. The molecule has 88 valence electrons. The molecule has 0 saturated carbocycles. The average molecular weight is 240 g/mol. The Morgan fingerprint density at radius 3 is 2.44 bits per heavy atom. The second-order valence-corrected chi connectivity index (χ2v) is 4.89. The van der Waals surface area contributed by atoms with Crippen LogP contribution >= 0.6 is 11.6 Å². The average Bonchev–Trinajstić information content (AvgIpc) is 2.30. The van der Waals surface area contributed by atoms with E-state index in [1.54, 1.807) is 0 Å². The molecular weight excluding hydrogens is 222 g/mol. The lowest BCUT2D eigenvalue weighted by Gasteiger charge is -2.23. The smallest absolute Gasteiger partial charge is 0.227 e. The Labute approximate surface area is 102 Å². The number of rotatable bonds is 4. The summed E-state index contributed by atoms with van der Waals surface area (Å²) in [6.07, 6.45) is 0. The topological polar surface area (TPSA) is 29.1 Å². The van der Waals surface area contributed by atoms with Crippen molar-refractivity contribution < 1.29 is 4.79 Å². The fourth-order valence-electron chi connectivity index (χ4n) is 1.28. The Balaban J connectivity index is 2.66. The number of hydrogen-bond donors (Lipinski definition) is 1. The third-order valence-corrected chi connectivity index (χ3v) is 3.26. The van der Waals surface area contributed by atoms with Gasteiger partial charge in [-0.3, -0.25) is 4.79 Å². The lowest BCUT2D eigenvalue weighted by Crippen LogP contribution is -2.39. The maximum absolute atomic E-state index is 11.9. The molecule has 1 aromatic rings. The number of carbonyl (C=O) groups is 1. The summed E-state index contributed by atoms with van der Waals surface area (Å²) < 4.78 is 0. The summed E-state index contributed by atoms with van der Waals surface area (Å²) in [5.74, 6) is 0.305. The van der Waals surface area contributed by atoms with Gasteiger partial charge in [0.15, 0.2) is 0 Å². The molecule has 0 aliphatic carbocycles. The molecule has 0 radical (unpaired) electrons. The Kier molecular flexibility index (Phi) is 4.36. The molecule has 3 heteroatoms. The lowest BCUT2D eigenvalue weighted by molar-refractivity contribution is -0.129. The molecule has 0 saturated heterocycles. The Morgan fingerprint density at radius 2 is 1.94 bits per heavy atom. The van der Waals surface area contributed by atoms with Gasteiger partial charge < -0.3 is 5.32 Å². The number of alkyl halides is 1. The minimum atomic E-state index is -0.523. The predicted octanol–water partition coefficient (Wildman–Crippen LogP) is 3.13. The summed E-state index contributed by atoms with van der Waals surface area (Å²) in [6.45, 7) is 5.65. The van der Waals surface area contributed by atoms with Crippen molar-refractivity contribution in [3.05, 3.63) is 35.9 Å². The highest BCUT2D eigenvalue weighted by atomic mass is 35.5. The zero-order valence-corrected chi connectivity index (χ0v) is 10.7. The van der Waals surface area contributed by atoms with E-state index < -0.39 is 5.41 Å². The molecule has 16 heavy (non-hydrogen) atoms. The van der Waals surface area contributed by atoms with Crippen molar-refractivity contribution in [1.29, 1.82) is 0 Å². The summed E-state index contributed by atoms with van der Waals surface area (Å²) in [6, 6.07) is 9.89. The van der Waals surface area contributed by atoms with Gasteiger partial charge in [0.05, 0.1) is 11.5 Å². The van der Waals surface area contributed by atoms with Gasteiger partial charge in [0.25, 0.3) is 0 Å². The molecule has 0 aliphatic rings. The Morgan fingerprint density at radius 1 is 1.38 bits per heavy atom. The minimum absolute atomic E-state index is 0.0104. The van der Waals surface area contributed by atoms with Crippen LogP contribution < -0.4 is 5.32 Å². The first kappa shape index (κ1) is 13.0. The van der Waals surface area contributed by atoms with Crippen LogP contribution in [0.15, 0.2) is 30.3 Å². The van der Waals surface area contributed by atoms with Crippen molar-refractivity contribution in [3.63, 3.8) is 0 Å². The highest BCUT2D eigenvalue weighted by Crippen LogP contribution is 2.20. The molecular formula is C13H18ClNO. The van der Waals surface area contributed by atoms with Crippen molar-refractivity contribution >= 4 is 17.5 Å². The van der Waals surface area contributed by atoms with Crippen LogP contribution in [0, 0.1) is 5.41 Å². The van der Waals surface area contributed by atoms with E-state index in [4.69, 9.17) is 11.6 Å². The van der Waals surface area contributed by atoms with Crippen molar-refractivity contribution in [2.45, 2.75) is 26.8 Å². The third kappa shape index (κ3) is 3.24. The molecule has 1 aromatic carbocycles. The van der Waals surface area contributed by atoms with Gasteiger partial charge in [-0.1, -0.05) is 30.3 Å². The molecule has 0 bridgehead atoms. The minimum Gasteiger partial charge on any atom is -0.349 e. The van der Waals surface area contributed by atoms with E-state index in [0.29, 0.717) is 5.88 Å².